The highest BCUT2D eigenvalue weighted by Crippen LogP contribution is 2.23. The van der Waals surface area contributed by atoms with Gasteiger partial charge in [0.2, 0.25) is 0 Å². The minimum Gasteiger partial charge on any atom is -0.373 e. The van der Waals surface area contributed by atoms with Gasteiger partial charge in [0.15, 0.2) is 0 Å². The van der Waals surface area contributed by atoms with Crippen molar-refractivity contribution < 1.29 is 4.79 Å². The molecule has 0 aliphatic heterocycles. The Labute approximate surface area is 99.8 Å². The fourth-order valence-corrected chi connectivity index (χ4v) is 1.78. The van der Waals surface area contributed by atoms with Crippen molar-refractivity contribution in [3.63, 3.8) is 0 Å². The van der Waals surface area contributed by atoms with Crippen molar-refractivity contribution in [2.24, 2.45) is 5.84 Å². The molecule has 0 aliphatic rings. The topological polar surface area (TPSA) is 67.2 Å². The van der Waals surface area contributed by atoms with E-state index in [1.165, 1.54) is 0 Å². The van der Waals surface area contributed by atoms with Crippen LogP contribution in [-0.4, -0.2) is 11.9 Å². The molecule has 2 rings (SSSR count). The first kappa shape index (κ1) is 11.4. The molecule has 0 fully saturated rings. The zero-order chi connectivity index (χ0) is 12.3. The maximum Gasteiger partial charge on any atom is 0.256 e. The zero-order valence-electron chi connectivity index (χ0n) is 9.60. The van der Waals surface area contributed by atoms with Crippen molar-refractivity contribution >= 4 is 22.4 Å². The lowest BCUT2D eigenvalue weighted by Gasteiger charge is -2.15. The molecule has 0 aliphatic carbocycles. The highest BCUT2D eigenvalue weighted by atomic mass is 16.2. The number of benzene rings is 2. The van der Waals surface area contributed by atoms with Gasteiger partial charge in [0.25, 0.3) is 5.91 Å². The second-order valence-corrected chi connectivity index (χ2v) is 3.90. The third-order valence-corrected chi connectivity index (χ3v) is 2.70. The second kappa shape index (κ2) is 4.84. The predicted molar refractivity (Wildman–Crippen MR) is 69.4 cm³/mol. The maximum atomic E-state index is 11.4. The van der Waals surface area contributed by atoms with Gasteiger partial charge in [-0.1, -0.05) is 36.4 Å². The first-order valence-electron chi connectivity index (χ1n) is 5.47. The molecule has 0 heterocycles. The average molecular weight is 229 g/mol. The summed E-state index contributed by atoms with van der Waals surface area (Å²) in [5.74, 6) is 4.86. The van der Waals surface area contributed by atoms with Crippen LogP contribution in [0.3, 0.4) is 0 Å². The summed E-state index contributed by atoms with van der Waals surface area (Å²) < 4.78 is 0. The van der Waals surface area contributed by atoms with Crippen LogP contribution in [0.4, 0.5) is 5.69 Å². The first-order chi connectivity index (χ1) is 8.22. The number of nitrogens with two attached hydrogens (primary N) is 1. The molecule has 17 heavy (non-hydrogen) atoms. The molecule has 88 valence electrons. The Bertz CT molecular complexity index is 534. The maximum absolute atomic E-state index is 11.4. The second-order valence-electron chi connectivity index (χ2n) is 3.90. The molecule has 0 spiro atoms. The number of hydrazine groups is 1. The Kier molecular flexibility index (Phi) is 3.25. The van der Waals surface area contributed by atoms with Crippen LogP contribution < -0.4 is 16.6 Å². The van der Waals surface area contributed by atoms with Gasteiger partial charge in [-0.2, -0.15) is 0 Å². The van der Waals surface area contributed by atoms with Crippen molar-refractivity contribution in [1.29, 1.82) is 0 Å². The molecule has 2 aromatic carbocycles. The van der Waals surface area contributed by atoms with E-state index >= 15 is 0 Å². The number of hydrogen-bond donors (Lipinski definition) is 3. The van der Waals surface area contributed by atoms with Crippen LogP contribution >= 0.6 is 0 Å². The third kappa shape index (κ3) is 2.37. The summed E-state index contributed by atoms with van der Waals surface area (Å²) in [6.07, 6.45) is 0. The van der Waals surface area contributed by atoms with E-state index in [1.807, 2.05) is 42.5 Å². The van der Waals surface area contributed by atoms with Crippen LogP contribution in [0.1, 0.15) is 6.92 Å². The van der Waals surface area contributed by atoms with Gasteiger partial charge in [0.1, 0.15) is 6.04 Å². The molecular formula is C13H15N3O. The van der Waals surface area contributed by atoms with Crippen LogP contribution in [0, 0.1) is 0 Å². The molecule has 0 radical (unpaired) electrons. The summed E-state index contributed by atoms with van der Waals surface area (Å²) in [6, 6.07) is 13.6. The number of anilines is 1. The number of amides is 1. The van der Waals surface area contributed by atoms with Crippen LogP contribution in [-0.2, 0) is 4.79 Å². The van der Waals surface area contributed by atoms with Gasteiger partial charge in [-0.3, -0.25) is 10.2 Å². The summed E-state index contributed by atoms with van der Waals surface area (Å²) in [6.45, 7) is 1.77. The predicted octanol–water partition coefficient (Wildman–Crippen LogP) is 1.63. The van der Waals surface area contributed by atoms with E-state index in [0.717, 1.165) is 16.5 Å². The van der Waals surface area contributed by atoms with Gasteiger partial charge < -0.3 is 5.32 Å². The van der Waals surface area contributed by atoms with Crippen LogP contribution in [0.25, 0.3) is 10.8 Å². The molecule has 0 saturated heterocycles. The summed E-state index contributed by atoms with van der Waals surface area (Å²) in [4.78, 5) is 11.4. The smallest absolute Gasteiger partial charge is 0.256 e. The molecule has 1 atom stereocenters. The number of fused-ring (bicyclic) bond motifs is 1. The van der Waals surface area contributed by atoms with Crippen molar-refractivity contribution in [3.05, 3.63) is 42.5 Å². The third-order valence-electron chi connectivity index (χ3n) is 2.70. The van der Waals surface area contributed by atoms with Crippen molar-refractivity contribution in [2.45, 2.75) is 13.0 Å². The normalized spacial score (nSPS) is 12.1. The van der Waals surface area contributed by atoms with E-state index in [2.05, 4.69) is 10.7 Å². The van der Waals surface area contributed by atoms with Gasteiger partial charge >= 0.3 is 0 Å². The molecular weight excluding hydrogens is 214 g/mol. The minimum atomic E-state index is -0.370. The SMILES string of the molecule is CC(Nc1cccc2ccccc12)C(=O)NN. The minimum absolute atomic E-state index is 0.238. The fraction of sp³-hybridized carbons (Fsp3) is 0.154. The quantitative estimate of drug-likeness (QED) is 0.426. The number of nitrogens with one attached hydrogen (secondary N) is 2. The lowest BCUT2D eigenvalue weighted by atomic mass is 10.1. The van der Waals surface area contributed by atoms with E-state index in [9.17, 15) is 4.79 Å². The number of rotatable bonds is 3. The van der Waals surface area contributed by atoms with Gasteiger partial charge in [-0.25, -0.2) is 5.84 Å². The van der Waals surface area contributed by atoms with Crippen LogP contribution in [0.5, 0.6) is 0 Å². The van der Waals surface area contributed by atoms with Gasteiger partial charge in [-0.15, -0.1) is 0 Å². The average Bonchev–Trinajstić information content (AvgIpc) is 2.38. The van der Waals surface area contributed by atoms with Crippen molar-refractivity contribution in [2.75, 3.05) is 5.32 Å². The molecule has 4 heteroatoms. The summed E-state index contributed by atoms with van der Waals surface area (Å²) in [7, 11) is 0. The lowest BCUT2D eigenvalue weighted by Crippen LogP contribution is -2.41. The van der Waals surface area contributed by atoms with Crippen LogP contribution in [0.2, 0.25) is 0 Å². The molecule has 0 saturated carbocycles. The number of carbonyl (C=O) groups is 1. The van der Waals surface area contributed by atoms with E-state index in [0.29, 0.717) is 0 Å². The van der Waals surface area contributed by atoms with E-state index in [4.69, 9.17) is 5.84 Å². The van der Waals surface area contributed by atoms with Gasteiger partial charge in [0.05, 0.1) is 0 Å². The monoisotopic (exact) mass is 229 g/mol. The molecule has 0 aromatic heterocycles. The number of carbonyl (C=O) groups excluding carboxylic acids is 1. The molecule has 1 amide bonds. The summed E-state index contributed by atoms with van der Waals surface area (Å²) in [5.41, 5.74) is 3.06. The molecule has 4 nitrogen and oxygen atoms in total. The largest absolute Gasteiger partial charge is 0.373 e. The van der Waals surface area contributed by atoms with Crippen molar-refractivity contribution in [3.8, 4) is 0 Å². The molecule has 4 N–H and O–H groups in total. The van der Waals surface area contributed by atoms with Crippen molar-refractivity contribution in [1.82, 2.24) is 5.43 Å². The van der Waals surface area contributed by atoms with E-state index in [1.54, 1.807) is 6.92 Å². The highest BCUT2D eigenvalue weighted by molar-refractivity contribution is 5.95. The summed E-state index contributed by atoms with van der Waals surface area (Å²) in [5, 5.41) is 5.37. The Morgan fingerprint density at radius 1 is 1.18 bits per heavy atom. The van der Waals surface area contributed by atoms with E-state index < -0.39 is 0 Å². The zero-order valence-corrected chi connectivity index (χ0v) is 9.60. The molecule has 1 unspecified atom stereocenters. The van der Waals surface area contributed by atoms with Crippen LogP contribution in [0.15, 0.2) is 42.5 Å². The summed E-state index contributed by atoms with van der Waals surface area (Å²) >= 11 is 0. The Morgan fingerprint density at radius 2 is 1.88 bits per heavy atom. The Morgan fingerprint density at radius 3 is 2.65 bits per heavy atom. The lowest BCUT2D eigenvalue weighted by molar-refractivity contribution is -0.121. The van der Waals surface area contributed by atoms with E-state index in [-0.39, 0.29) is 11.9 Å². The fourth-order valence-electron chi connectivity index (χ4n) is 1.78. The Hall–Kier alpha value is -2.07. The Balaban J connectivity index is 2.33. The molecule has 0 bridgehead atoms. The standard InChI is InChI=1S/C13H15N3O/c1-9(13(17)16-14)15-12-8-4-6-10-5-2-3-7-11(10)12/h2-9,15H,14H2,1H3,(H,16,17). The number of hydrogen-bond acceptors (Lipinski definition) is 3. The van der Waals surface area contributed by atoms with Gasteiger partial charge in [0, 0.05) is 11.1 Å². The molecule has 2 aromatic rings. The van der Waals surface area contributed by atoms with Gasteiger partial charge in [-0.05, 0) is 18.4 Å². The highest BCUT2D eigenvalue weighted by Gasteiger charge is 2.11. The first-order valence-corrected chi connectivity index (χ1v) is 5.47.